The van der Waals surface area contributed by atoms with Crippen LogP contribution in [0.25, 0.3) is 6.08 Å². The van der Waals surface area contributed by atoms with Gasteiger partial charge in [0.2, 0.25) is 0 Å². The number of carbonyl (C=O) groups is 4. The molecule has 9 nitrogen and oxygen atoms in total. The topological polar surface area (TPSA) is 111 Å². The molecular formula is C24H23ClN2O7S. The Bertz CT molecular complexity index is 1170. The number of benzene rings is 2. The number of methoxy groups -OCH3 is 1. The van der Waals surface area contributed by atoms with Crippen LogP contribution in [0, 0.1) is 0 Å². The molecule has 0 aromatic heterocycles. The minimum Gasteiger partial charge on any atom is -0.490 e. The van der Waals surface area contributed by atoms with Crippen molar-refractivity contribution in [3.8, 4) is 11.5 Å². The highest BCUT2D eigenvalue weighted by Gasteiger charge is 2.41. The number of halogens is 1. The van der Waals surface area contributed by atoms with Crippen molar-refractivity contribution in [2.75, 3.05) is 25.6 Å². The van der Waals surface area contributed by atoms with E-state index in [4.69, 9.17) is 21.1 Å². The number of para-hydroxylation sites is 1. The van der Waals surface area contributed by atoms with Gasteiger partial charge in [0.1, 0.15) is 6.04 Å². The molecule has 1 aliphatic heterocycles. The van der Waals surface area contributed by atoms with Crippen LogP contribution in [0.1, 0.15) is 19.4 Å². The van der Waals surface area contributed by atoms with Crippen LogP contribution in [-0.2, 0) is 19.1 Å². The summed E-state index contributed by atoms with van der Waals surface area (Å²) < 4.78 is 15.9. The highest BCUT2D eigenvalue weighted by atomic mass is 35.5. The van der Waals surface area contributed by atoms with Crippen LogP contribution in [0.2, 0.25) is 5.02 Å². The number of nitrogens with zero attached hydrogens (tertiary/aromatic N) is 1. The van der Waals surface area contributed by atoms with Crippen molar-refractivity contribution < 1.29 is 33.4 Å². The summed E-state index contributed by atoms with van der Waals surface area (Å²) in [5, 5.41) is 2.28. The lowest BCUT2D eigenvalue weighted by Gasteiger charge is -2.18. The molecule has 0 radical (unpaired) electrons. The quantitative estimate of drug-likeness (QED) is 0.385. The highest BCUT2D eigenvalue weighted by Crippen LogP contribution is 2.39. The van der Waals surface area contributed by atoms with Crippen LogP contribution in [0.5, 0.6) is 11.5 Å². The molecule has 0 saturated carbocycles. The molecule has 3 rings (SSSR count). The van der Waals surface area contributed by atoms with E-state index >= 15 is 0 Å². The first-order valence-electron chi connectivity index (χ1n) is 10.5. The van der Waals surface area contributed by atoms with Crippen LogP contribution < -0.4 is 14.8 Å². The van der Waals surface area contributed by atoms with Crippen LogP contribution >= 0.6 is 23.4 Å². The summed E-state index contributed by atoms with van der Waals surface area (Å²) >= 11 is 7.11. The van der Waals surface area contributed by atoms with Crippen molar-refractivity contribution in [1.82, 2.24) is 4.90 Å². The van der Waals surface area contributed by atoms with Gasteiger partial charge in [-0.1, -0.05) is 29.8 Å². The van der Waals surface area contributed by atoms with Crippen molar-refractivity contribution in [1.29, 1.82) is 0 Å². The third kappa shape index (κ3) is 6.34. The molecule has 35 heavy (non-hydrogen) atoms. The molecule has 1 heterocycles. The van der Waals surface area contributed by atoms with Gasteiger partial charge in [-0.05, 0) is 61.5 Å². The van der Waals surface area contributed by atoms with Gasteiger partial charge in [-0.25, -0.2) is 4.79 Å². The lowest BCUT2D eigenvalue weighted by atomic mass is 10.1. The van der Waals surface area contributed by atoms with Gasteiger partial charge in [0, 0.05) is 5.69 Å². The number of hydrogen-bond acceptors (Lipinski definition) is 8. The van der Waals surface area contributed by atoms with E-state index < -0.39 is 23.2 Å². The summed E-state index contributed by atoms with van der Waals surface area (Å²) in [6, 6.07) is 11.0. The molecule has 0 aliphatic carbocycles. The number of thioether (sulfide) groups is 1. The van der Waals surface area contributed by atoms with E-state index in [-0.39, 0.29) is 33.9 Å². The third-order valence-corrected chi connectivity index (χ3v) is 5.95. The summed E-state index contributed by atoms with van der Waals surface area (Å²) in [4.78, 5) is 50.1. The molecule has 11 heteroatoms. The second-order valence-electron chi connectivity index (χ2n) is 7.22. The number of amides is 3. The fraction of sp³-hybridized carbons (Fsp3) is 0.250. The fourth-order valence-corrected chi connectivity index (χ4v) is 4.35. The van der Waals surface area contributed by atoms with Crippen molar-refractivity contribution in [2.24, 2.45) is 0 Å². The Hall–Kier alpha value is -3.50. The Morgan fingerprint density at radius 3 is 2.54 bits per heavy atom. The summed E-state index contributed by atoms with van der Waals surface area (Å²) in [6.07, 6.45) is 1.47. The summed E-state index contributed by atoms with van der Waals surface area (Å²) in [6.45, 7) is 3.17. The minimum absolute atomic E-state index is 0.111. The lowest BCUT2D eigenvalue weighted by molar-refractivity contribution is -0.148. The molecule has 2 aromatic rings. The lowest BCUT2D eigenvalue weighted by Crippen LogP contribution is -2.42. The molecule has 1 aliphatic rings. The number of rotatable bonds is 9. The number of imide groups is 1. The number of carbonyl (C=O) groups excluding carboxylic acids is 4. The molecule has 184 valence electrons. The summed E-state index contributed by atoms with van der Waals surface area (Å²) in [5.74, 6) is -1.27. The van der Waals surface area contributed by atoms with E-state index in [1.165, 1.54) is 26.2 Å². The maximum Gasteiger partial charge on any atom is 0.328 e. The number of anilines is 1. The minimum atomic E-state index is -1.06. The smallest absolute Gasteiger partial charge is 0.328 e. The van der Waals surface area contributed by atoms with E-state index in [0.717, 1.165) is 4.90 Å². The van der Waals surface area contributed by atoms with Crippen molar-refractivity contribution in [2.45, 2.75) is 19.9 Å². The molecule has 1 atom stereocenters. The molecule has 1 fully saturated rings. The van der Waals surface area contributed by atoms with Crippen LogP contribution in [0.15, 0.2) is 47.4 Å². The van der Waals surface area contributed by atoms with Crippen molar-refractivity contribution >= 4 is 58.1 Å². The molecular weight excluding hydrogens is 496 g/mol. The summed E-state index contributed by atoms with van der Waals surface area (Å²) in [5.41, 5.74) is 1.10. The molecule has 0 spiro atoms. The van der Waals surface area contributed by atoms with Crippen LogP contribution in [0.4, 0.5) is 10.5 Å². The summed E-state index contributed by atoms with van der Waals surface area (Å²) in [7, 11) is 1.18. The van der Waals surface area contributed by atoms with Gasteiger partial charge in [0.15, 0.2) is 18.1 Å². The zero-order valence-corrected chi connectivity index (χ0v) is 20.8. The number of hydrogen-bond donors (Lipinski definition) is 1. The van der Waals surface area contributed by atoms with E-state index in [2.05, 4.69) is 10.1 Å². The first-order chi connectivity index (χ1) is 16.7. The molecule has 2 aromatic carbocycles. The Morgan fingerprint density at radius 2 is 1.89 bits per heavy atom. The molecule has 0 unspecified atom stereocenters. The Kier molecular flexibility index (Phi) is 8.78. The largest absolute Gasteiger partial charge is 0.490 e. The maximum absolute atomic E-state index is 12.7. The molecule has 1 saturated heterocycles. The Labute approximate surface area is 211 Å². The van der Waals surface area contributed by atoms with Gasteiger partial charge in [0.05, 0.1) is 23.6 Å². The van der Waals surface area contributed by atoms with Crippen LogP contribution in [-0.4, -0.2) is 54.3 Å². The van der Waals surface area contributed by atoms with E-state index in [9.17, 15) is 19.2 Å². The molecule has 1 N–H and O–H groups in total. The Morgan fingerprint density at radius 1 is 1.17 bits per heavy atom. The standard InChI is InChI=1S/C24H23ClN2O7S/c1-4-33-18-11-15(12-19-22(29)27(24(31)35-19)14(2)23(30)32-3)10-17(25)21(18)34-13-20(28)26-16-8-6-5-7-9-16/h5-12,14H,4,13H2,1-3H3,(H,26,28)/b19-12+/t14-/m1/s1. The number of ether oxygens (including phenoxy) is 3. The maximum atomic E-state index is 12.7. The number of nitrogens with one attached hydrogen (secondary N) is 1. The average molecular weight is 519 g/mol. The van der Waals surface area contributed by atoms with Gasteiger partial charge in [-0.3, -0.25) is 19.3 Å². The predicted octanol–water partition coefficient (Wildman–Crippen LogP) is 4.35. The zero-order chi connectivity index (χ0) is 25.5. The van der Waals surface area contributed by atoms with E-state index in [1.807, 2.05) is 6.07 Å². The molecule has 0 bridgehead atoms. The van der Waals surface area contributed by atoms with Crippen molar-refractivity contribution in [3.63, 3.8) is 0 Å². The third-order valence-electron chi connectivity index (χ3n) is 4.79. The van der Waals surface area contributed by atoms with Gasteiger partial charge in [-0.15, -0.1) is 0 Å². The average Bonchev–Trinajstić information content (AvgIpc) is 3.10. The fourth-order valence-electron chi connectivity index (χ4n) is 3.17. The van der Waals surface area contributed by atoms with Gasteiger partial charge >= 0.3 is 5.97 Å². The van der Waals surface area contributed by atoms with E-state index in [0.29, 0.717) is 29.6 Å². The van der Waals surface area contributed by atoms with E-state index in [1.54, 1.807) is 37.3 Å². The normalized spacial score (nSPS) is 15.2. The number of esters is 1. The second kappa shape index (κ2) is 11.8. The first-order valence-corrected chi connectivity index (χ1v) is 11.7. The highest BCUT2D eigenvalue weighted by molar-refractivity contribution is 8.18. The van der Waals surface area contributed by atoms with Crippen LogP contribution in [0.3, 0.4) is 0 Å². The van der Waals surface area contributed by atoms with Crippen molar-refractivity contribution in [3.05, 3.63) is 58.0 Å². The first kappa shape index (κ1) is 26.1. The monoisotopic (exact) mass is 518 g/mol. The van der Waals surface area contributed by atoms with Gasteiger partial charge < -0.3 is 19.5 Å². The van der Waals surface area contributed by atoms with Gasteiger partial charge in [-0.2, -0.15) is 0 Å². The SMILES string of the molecule is CCOc1cc(/C=C2/SC(=O)N([C@H](C)C(=O)OC)C2=O)cc(Cl)c1OCC(=O)Nc1ccccc1. The Balaban J connectivity index is 1.79. The molecule has 3 amide bonds. The predicted molar refractivity (Wildman–Crippen MR) is 132 cm³/mol. The second-order valence-corrected chi connectivity index (χ2v) is 8.62. The zero-order valence-electron chi connectivity index (χ0n) is 19.2. The van der Waals surface area contributed by atoms with Gasteiger partial charge in [0.25, 0.3) is 17.1 Å².